The molecule has 0 spiro atoms. The molecule has 88 valence electrons. The van der Waals surface area contributed by atoms with Crippen molar-refractivity contribution >= 4 is 33.5 Å². The lowest BCUT2D eigenvalue weighted by Crippen LogP contribution is -1.92. The van der Waals surface area contributed by atoms with Crippen molar-refractivity contribution in [2.45, 2.75) is 31.0 Å². The zero-order chi connectivity index (χ0) is 10.8. The van der Waals surface area contributed by atoms with Crippen molar-refractivity contribution < 1.29 is 5.48 Å². The third kappa shape index (κ3) is 2.22. The molecule has 0 aliphatic carbocycles. The molecule has 2 rings (SSSR count). The van der Waals surface area contributed by atoms with Crippen molar-refractivity contribution in [2.24, 2.45) is 5.14 Å². The minimum atomic E-state index is 0. The molecular formula is C11H16N2OS2. The van der Waals surface area contributed by atoms with E-state index in [4.69, 9.17) is 5.14 Å². The first kappa shape index (κ1) is 13.4. The minimum absolute atomic E-state index is 0. The number of benzene rings is 1. The quantitative estimate of drug-likeness (QED) is 0.858. The summed E-state index contributed by atoms with van der Waals surface area (Å²) in [5, 5.41) is 5.54. The number of aromatic nitrogens is 1. The van der Waals surface area contributed by atoms with E-state index in [1.165, 1.54) is 27.8 Å². The molecule has 5 heteroatoms. The van der Waals surface area contributed by atoms with Crippen LogP contribution in [0.1, 0.15) is 25.0 Å². The predicted octanol–water partition coefficient (Wildman–Crippen LogP) is 2.56. The SMILES string of the molecule is CCc1ccc2sc(SN)nc2c1CC.O. The van der Waals surface area contributed by atoms with Crippen LogP contribution in [0, 0.1) is 0 Å². The molecule has 0 atom stereocenters. The number of nitrogens with zero attached hydrogens (tertiary/aromatic N) is 1. The maximum absolute atomic E-state index is 5.54. The van der Waals surface area contributed by atoms with E-state index < -0.39 is 0 Å². The summed E-state index contributed by atoms with van der Waals surface area (Å²) >= 11 is 2.91. The Labute approximate surface area is 104 Å². The van der Waals surface area contributed by atoms with E-state index in [2.05, 4.69) is 31.0 Å². The highest BCUT2D eigenvalue weighted by Gasteiger charge is 2.09. The van der Waals surface area contributed by atoms with E-state index in [9.17, 15) is 0 Å². The highest BCUT2D eigenvalue weighted by molar-refractivity contribution is 7.99. The average Bonchev–Trinajstić information content (AvgIpc) is 2.70. The Morgan fingerprint density at radius 2 is 2.06 bits per heavy atom. The zero-order valence-corrected chi connectivity index (χ0v) is 11.0. The molecule has 0 aliphatic rings. The van der Waals surface area contributed by atoms with Crippen molar-refractivity contribution in [2.75, 3.05) is 0 Å². The molecule has 3 nitrogen and oxygen atoms in total. The summed E-state index contributed by atoms with van der Waals surface area (Å²) in [5.41, 5.74) is 3.94. The molecule has 4 N–H and O–H groups in total. The van der Waals surface area contributed by atoms with E-state index in [0.29, 0.717) is 0 Å². The van der Waals surface area contributed by atoms with Gasteiger partial charge >= 0.3 is 0 Å². The lowest BCUT2D eigenvalue weighted by atomic mass is 10.0. The van der Waals surface area contributed by atoms with Crippen LogP contribution in [0.5, 0.6) is 0 Å². The first-order valence-corrected chi connectivity index (χ1v) is 6.77. The summed E-state index contributed by atoms with van der Waals surface area (Å²) in [6.07, 6.45) is 2.11. The standard InChI is InChI=1S/C11H14N2S2.H2O/c1-3-7-5-6-9-10(8(7)4-2)13-11(14-9)15-12;/h5-6H,3-4,12H2,1-2H3;1H2. The first-order chi connectivity index (χ1) is 7.30. The fraction of sp³-hybridized carbons (Fsp3) is 0.364. The summed E-state index contributed by atoms with van der Waals surface area (Å²) < 4.78 is 2.20. The average molecular weight is 256 g/mol. The van der Waals surface area contributed by atoms with Crippen LogP contribution in [0.15, 0.2) is 16.5 Å². The molecular weight excluding hydrogens is 240 g/mol. The van der Waals surface area contributed by atoms with Gasteiger partial charge in [-0.1, -0.05) is 19.9 Å². The normalized spacial score (nSPS) is 10.4. The van der Waals surface area contributed by atoms with Crippen molar-refractivity contribution in [1.82, 2.24) is 4.98 Å². The zero-order valence-electron chi connectivity index (χ0n) is 9.41. The molecule has 2 aromatic rings. The second-order valence-electron chi connectivity index (χ2n) is 3.35. The topological polar surface area (TPSA) is 70.4 Å². The molecule has 0 aliphatic heterocycles. The van der Waals surface area contributed by atoms with Crippen LogP contribution >= 0.6 is 23.3 Å². The monoisotopic (exact) mass is 256 g/mol. The van der Waals surface area contributed by atoms with Gasteiger partial charge in [0.25, 0.3) is 0 Å². The predicted molar refractivity (Wildman–Crippen MR) is 72.0 cm³/mol. The molecule has 1 aromatic carbocycles. The van der Waals surface area contributed by atoms with E-state index >= 15 is 0 Å². The number of thiazole rings is 1. The van der Waals surface area contributed by atoms with Gasteiger partial charge in [-0.05, 0) is 42.0 Å². The minimum Gasteiger partial charge on any atom is -0.412 e. The summed E-state index contributed by atoms with van der Waals surface area (Å²) in [6.45, 7) is 4.37. The Bertz CT molecular complexity index is 482. The lowest BCUT2D eigenvalue weighted by Gasteiger charge is -2.05. The molecule has 1 heterocycles. The van der Waals surface area contributed by atoms with E-state index in [1.54, 1.807) is 11.3 Å². The molecule has 1 aromatic heterocycles. The second-order valence-corrected chi connectivity index (χ2v) is 5.27. The molecule has 0 saturated heterocycles. The van der Waals surface area contributed by atoms with E-state index in [1.807, 2.05) is 0 Å². The van der Waals surface area contributed by atoms with Crippen molar-refractivity contribution in [1.29, 1.82) is 0 Å². The van der Waals surface area contributed by atoms with Gasteiger partial charge in [-0.15, -0.1) is 11.3 Å². The highest BCUT2D eigenvalue weighted by Crippen LogP contribution is 2.31. The van der Waals surface area contributed by atoms with E-state index in [0.717, 1.165) is 22.7 Å². The Morgan fingerprint density at radius 1 is 1.31 bits per heavy atom. The van der Waals surface area contributed by atoms with Crippen molar-refractivity contribution in [3.8, 4) is 0 Å². The van der Waals surface area contributed by atoms with Crippen molar-refractivity contribution in [3.63, 3.8) is 0 Å². The Kier molecular flexibility index (Phi) is 4.73. The van der Waals surface area contributed by atoms with Gasteiger partial charge in [0.15, 0.2) is 4.34 Å². The lowest BCUT2D eigenvalue weighted by molar-refractivity contribution is 0.824. The van der Waals surface area contributed by atoms with Gasteiger partial charge in [0.2, 0.25) is 0 Å². The molecule has 0 amide bonds. The van der Waals surface area contributed by atoms with E-state index in [-0.39, 0.29) is 5.48 Å². The van der Waals surface area contributed by atoms with Crippen LogP contribution in [-0.4, -0.2) is 10.5 Å². The largest absolute Gasteiger partial charge is 0.412 e. The van der Waals surface area contributed by atoms with Gasteiger partial charge in [-0.2, -0.15) is 0 Å². The van der Waals surface area contributed by atoms with Crippen LogP contribution < -0.4 is 5.14 Å². The molecule has 0 bridgehead atoms. The number of aryl methyl sites for hydroxylation is 2. The van der Waals surface area contributed by atoms with Gasteiger partial charge in [-0.3, -0.25) is 5.14 Å². The maximum atomic E-state index is 5.54. The number of fused-ring (bicyclic) bond motifs is 1. The van der Waals surface area contributed by atoms with Gasteiger partial charge in [0, 0.05) is 0 Å². The second kappa shape index (κ2) is 5.63. The van der Waals surface area contributed by atoms with Crippen LogP contribution in [0.4, 0.5) is 0 Å². The smallest absolute Gasteiger partial charge is 0.165 e. The van der Waals surface area contributed by atoms with Crippen LogP contribution in [0.25, 0.3) is 10.2 Å². The number of hydrogen-bond acceptors (Lipinski definition) is 4. The molecule has 0 saturated carbocycles. The summed E-state index contributed by atoms with van der Waals surface area (Å²) in [5.74, 6) is 0. The van der Waals surface area contributed by atoms with Crippen LogP contribution in [-0.2, 0) is 12.8 Å². The number of nitrogens with two attached hydrogens (primary N) is 1. The third-order valence-corrected chi connectivity index (χ3v) is 4.23. The number of rotatable bonds is 3. The number of hydrogen-bond donors (Lipinski definition) is 1. The first-order valence-electron chi connectivity index (χ1n) is 5.08. The van der Waals surface area contributed by atoms with Crippen LogP contribution in [0.2, 0.25) is 0 Å². The fourth-order valence-electron chi connectivity index (χ4n) is 1.85. The third-order valence-electron chi connectivity index (χ3n) is 2.58. The highest BCUT2D eigenvalue weighted by atomic mass is 32.2. The molecule has 0 unspecified atom stereocenters. The van der Waals surface area contributed by atoms with Gasteiger partial charge in [0.05, 0.1) is 10.2 Å². The van der Waals surface area contributed by atoms with Crippen molar-refractivity contribution in [3.05, 3.63) is 23.3 Å². The molecule has 16 heavy (non-hydrogen) atoms. The Balaban J connectivity index is 0.00000128. The van der Waals surface area contributed by atoms with Gasteiger partial charge < -0.3 is 5.48 Å². The maximum Gasteiger partial charge on any atom is 0.165 e. The Hall–Kier alpha value is -0.620. The van der Waals surface area contributed by atoms with Gasteiger partial charge in [0.1, 0.15) is 0 Å². The summed E-state index contributed by atoms with van der Waals surface area (Å²) in [4.78, 5) is 4.57. The van der Waals surface area contributed by atoms with Crippen LogP contribution in [0.3, 0.4) is 0 Å². The summed E-state index contributed by atoms with van der Waals surface area (Å²) in [6, 6.07) is 4.37. The summed E-state index contributed by atoms with van der Waals surface area (Å²) in [7, 11) is 0. The fourth-order valence-corrected chi connectivity index (χ4v) is 3.18. The molecule has 0 fully saturated rings. The Morgan fingerprint density at radius 3 is 2.62 bits per heavy atom. The van der Waals surface area contributed by atoms with Gasteiger partial charge in [-0.25, -0.2) is 4.98 Å². The molecule has 0 radical (unpaired) electrons.